The molecule has 0 bridgehead atoms. The maximum Gasteiger partial charge on any atom is 0.193 e. The number of thiazole rings is 1. The third-order valence-corrected chi connectivity index (χ3v) is 5.30. The molecule has 2 fully saturated rings. The van der Waals surface area contributed by atoms with E-state index in [1.807, 2.05) is 0 Å². The van der Waals surface area contributed by atoms with Crippen LogP contribution in [0.4, 0.5) is 0 Å². The summed E-state index contributed by atoms with van der Waals surface area (Å²) in [5.74, 6) is 0.905. The van der Waals surface area contributed by atoms with E-state index in [1.54, 1.807) is 11.3 Å². The molecule has 2 aromatic rings. The highest BCUT2D eigenvalue weighted by Crippen LogP contribution is 2.37. The van der Waals surface area contributed by atoms with Gasteiger partial charge in [-0.25, -0.2) is 4.98 Å². The van der Waals surface area contributed by atoms with Crippen molar-refractivity contribution >= 4 is 16.3 Å². The minimum absolute atomic E-state index is 0.211. The third kappa shape index (κ3) is 2.38. The Bertz CT molecular complexity index is 582. The Balaban J connectivity index is 1.55. The van der Waals surface area contributed by atoms with Gasteiger partial charge in [-0.3, -0.25) is 9.30 Å². The number of nitrogens with zero attached hydrogens (tertiary/aromatic N) is 3. The quantitative estimate of drug-likeness (QED) is 0.942. The van der Waals surface area contributed by atoms with Gasteiger partial charge < -0.3 is 5.32 Å². The third-order valence-electron chi connectivity index (χ3n) is 4.53. The lowest BCUT2D eigenvalue weighted by atomic mass is 9.96. The smallest absolute Gasteiger partial charge is 0.193 e. The highest BCUT2D eigenvalue weighted by molar-refractivity contribution is 7.15. The van der Waals surface area contributed by atoms with E-state index in [2.05, 4.69) is 46.2 Å². The number of rotatable bonds is 3. The predicted octanol–water partition coefficient (Wildman–Crippen LogP) is 2.36. The van der Waals surface area contributed by atoms with Crippen LogP contribution in [0.2, 0.25) is 0 Å². The first-order valence-electron chi connectivity index (χ1n) is 7.51. The van der Waals surface area contributed by atoms with Gasteiger partial charge in [0, 0.05) is 49.0 Å². The van der Waals surface area contributed by atoms with Crippen LogP contribution in [0.1, 0.15) is 32.4 Å². The number of aromatic nitrogens is 2. The molecule has 1 aliphatic carbocycles. The fraction of sp³-hybridized carbons (Fsp3) is 0.667. The summed E-state index contributed by atoms with van der Waals surface area (Å²) in [7, 11) is 0. The van der Waals surface area contributed by atoms with Crippen LogP contribution < -0.4 is 5.32 Å². The molecule has 1 saturated carbocycles. The number of fused-ring (bicyclic) bond motifs is 1. The Morgan fingerprint density at radius 2 is 2.30 bits per heavy atom. The van der Waals surface area contributed by atoms with Gasteiger partial charge in [-0.15, -0.1) is 11.3 Å². The number of nitrogens with one attached hydrogen (secondary N) is 1. The first-order chi connectivity index (χ1) is 9.61. The van der Waals surface area contributed by atoms with Gasteiger partial charge in [0.1, 0.15) is 0 Å². The van der Waals surface area contributed by atoms with Crippen molar-refractivity contribution in [3.8, 4) is 0 Å². The topological polar surface area (TPSA) is 32.6 Å². The standard InChI is InChI=1S/C15H22N4S/c1-15(2)10-19(13(7-16-15)11-3-4-11)9-12-8-18-5-6-20-14(18)17-12/h5-6,8,11,13,16H,3-4,7,9-10H2,1-2H3. The molecule has 1 N–H and O–H groups in total. The molecular weight excluding hydrogens is 268 g/mol. The van der Waals surface area contributed by atoms with E-state index in [0.717, 1.165) is 30.5 Å². The van der Waals surface area contributed by atoms with Crippen LogP contribution in [0, 0.1) is 5.92 Å². The second-order valence-corrected chi connectivity index (χ2v) is 7.77. The van der Waals surface area contributed by atoms with Crippen LogP contribution in [0.3, 0.4) is 0 Å². The molecule has 0 aromatic carbocycles. The summed E-state index contributed by atoms with van der Waals surface area (Å²) in [5.41, 5.74) is 1.42. The summed E-state index contributed by atoms with van der Waals surface area (Å²) in [6.07, 6.45) is 7.09. The summed E-state index contributed by atoms with van der Waals surface area (Å²) in [5, 5.41) is 5.79. The first kappa shape index (κ1) is 12.8. The van der Waals surface area contributed by atoms with Crippen molar-refractivity contribution in [2.75, 3.05) is 13.1 Å². The second kappa shape index (κ2) is 4.55. The molecule has 4 nitrogen and oxygen atoms in total. The minimum atomic E-state index is 0.211. The minimum Gasteiger partial charge on any atom is -0.309 e. The lowest BCUT2D eigenvalue weighted by molar-refractivity contribution is 0.0750. The van der Waals surface area contributed by atoms with E-state index in [1.165, 1.54) is 18.5 Å². The first-order valence-corrected chi connectivity index (χ1v) is 8.39. The molecule has 5 heteroatoms. The van der Waals surface area contributed by atoms with Gasteiger partial charge in [0.25, 0.3) is 0 Å². The molecular formula is C15H22N4S. The molecule has 108 valence electrons. The number of hydrogen-bond donors (Lipinski definition) is 1. The fourth-order valence-corrected chi connectivity index (χ4v) is 4.09. The molecule has 3 heterocycles. The maximum atomic E-state index is 4.75. The van der Waals surface area contributed by atoms with Gasteiger partial charge in [-0.05, 0) is 32.6 Å². The number of piperazine rings is 1. The number of imidazole rings is 1. The second-order valence-electron chi connectivity index (χ2n) is 6.90. The van der Waals surface area contributed by atoms with Crippen molar-refractivity contribution in [3.05, 3.63) is 23.5 Å². The average Bonchev–Trinajstić information content (AvgIpc) is 2.99. The Labute approximate surface area is 123 Å². The molecule has 1 aliphatic heterocycles. The van der Waals surface area contributed by atoms with Crippen molar-refractivity contribution in [3.63, 3.8) is 0 Å². The summed E-state index contributed by atoms with van der Waals surface area (Å²) >= 11 is 1.71. The van der Waals surface area contributed by atoms with Gasteiger partial charge in [0.05, 0.1) is 5.69 Å². The highest BCUT2D eigenvalue weighted by Gasteiger charge is 2.40. The lowest BCUT2D eigenvalue weighted by Crippen LogP contribution is -2.61. The predicted molar refractivity (Wildman–Crippen MR) is 82.1 cm³/mol. The van der Waals surface area contributed by atoms with Crippen molar-refractivity contribution < 1.29 is 0 Å². The van der Waals surface area contributed by atoms with E-state index >= 15 is 0 Å². The highest BCUT2D eigenvalue weighted by atomic mass is 32.1. The molecule has 2 aromatic heterocycles. The van der Waals surface area contributed by atoms with Gasteiger partial charge >= 0.3 is 0 Å². The lowest BCUT2D eigenvalue weighted by Gasteiger charge is -2.44. The zero-order chi connectivity index (χ0) is 13.7. The van der Waals surface area contributed by atoms with E-state index in [4.69, 9.17) is 4.98 Å². The largest absolute Gasteiger partial charge is 0.309 e. The van der Waals surface area contributed by atoms with Crippen LogP contribution in [0.5, 0.6) is 0 Å². The van der Waals surface area contributed by atoms with Crippen LogP contribution in [-0.4, -0.2) is 39.0 Å². The molecule has 2 aliphatic rings. The summed E-state index contributed by atoms with van der Waals surface area (Å²) in [6, 6.07) is 0.697. The van der Waals surface area contributed by atoms with Gasteiger partial charge in [-0.2, -0.15) is 0 Å². The SMILES string of the molecule is CC1(C)CN(Cc2cn3ccsc3n2)C(C2CC2)CN1. The monoisotopic (exact) mass is 290 g/mol. The van der Waals surface area contributed by atoms with Gasteiger partial charge in [0.2, 0.25) is 0 Å². The molecule has 1 saturated heterocycles. The van der Waals surface area contributed by atoms with Gasteiger partial charge in [-0.1, -0.05) is 0 Å². The number of hydrogen-bond acceptors (Lipinski definition) is 4. The zero-order valence-corrected chi connectivity index (χ0v) is 13.0. The Morgan fingerprint density at radius 3 is 3.05 bits per heavy atom. The van der Waals surface area contributed by atoms with Crippen molar-refractivity contribution in [1.82, 2.24) is 19.6 Å². The Morgan fingerprint density at radius 1 is 1.45 bits per heavy atom. The van der Waals surface area contributed by atoms with E-state index < -0.39 is 0 Å². The molecule has 0 radical (unpaired) electrons. The van der Waals surface area contributed by atoms with Crippen LogP contribution >= 0.6 is 11.3 Å². The summed E-state index contributed by atoms with van der Waals surface area (Å²) < 4.78 is 2.14. The summed E-state index contributed by atoms with van der Waals surface area (Å²) in [6.45, 7) is 7.82. The van der Waals surface area contributed by atoms with Crippen LogP contribution in [0.25, 0.3) is 4.96 Å². The average molecular weight is 290 g/mol. The van der Waals surface area contributed by atoms with E-state index in [9.17, 15) is 0 Å². The molecule has 1 unspecified atom stereocenters. The van der Waals surface area contributed by atoms with Gasteiger partial charge in [0.15, 0.2) is 4.96 Å². The molecule has 0 spiro atoms. The van der Waals surface area contributed by atoms with Crippen LogP contribution in [0.15, 0.2) is 17.8 Å². The molecule has 0 amide bonds. The molecule has 20 heavy (non-hydrogen) atoms. The molecule has 1 atom stereocenters. The summed E-state index contributed by atoms with van der Waals surface area (Å²) in [4.78, 5) is 8.51. The fourth-order valence-electron chi connectivity index (χ4n) is 3.37. The maximum absolute atomic E-state index is 4.75. The van der Waals surface area contributed by atoms with Crippen molar-refractivity contribution in [1.29, 1.82) is 0 Å². The van der Waals surface area contributed by atoms with Crippen molar-refractivity contribution in [2.45, 2.75) is 44.8 Å². The molecule has 4 rings (SSSR count). The van der Waals surface area contributed by atoms with E-state index in [0.29, 0.717) is 6.04 Å². The van der Waals surface area contributed by atoms with E-state index in [-0.39, 0.29) is 5.54 Å². The van der Waals surface area contributed by atoms with Crippen molar-refractivity contribution in [2.24, 2.45) is 5.92 Å². The Hall–Kier alpha value is -0.910. The zero-order valence-electron chi connectivity index (χ0n) is 12.2. The van der Waals surface area contributed by atoms with Crippen LogP contribution in [-0.2, 0) is 6.54 Å². The Kier molecular flexibility index (Phi) is 2.91. The normalized spacial score (nSPS) is 27.2.